The number of aliphatic hydroxyl groups excluding tert-OH is 1. The largest absolute Gasteiger partial charge is 0.392 e. The molecule has 2 heterocycles. The van der Waals surface area contributed by atoms with Crippen LogP contribution in [0.1, 0.15) is 31.2 Å². The van der Waals surface area contributed by atoms with Crippen molar-refractivity contribution in [3.05, 3.63) is 29.3 Å². The van der Waals surface area contributed by atoms with Crippen LogP contribution in [0.2, 0.25) is 0 Å². The van der Waals surface area contributed by atoms with Crippen LogP contribution in [0.4, 0.5) is 0 Å². The molecular formula is C15H20N2OS. The fraction of sp³-hybridized carbons (Fsp3) is 0.533. The number of rotatable bonds is 5. The Morgan fingerprint density at radius 1 is 1.42 bits per heavy atom. The summed E-state index contributed by atoms with van der Waals surface area (Å²) in [5, 5.41) is 15.5. The lowest BCUT2D eigenvalue weighted by atomic mass is 10.0. The maximum atomic E-state index is 10.1. The number of hydrogen-bond donors (Lipinski definition) is 2. The Labute approximate surface area is 117 Å². The third-order valence-corrected chi connectivity index (χ3v) is 4.84. The van der Waals surface area contributed by atoms with Crippen LogP contribution in [0.3, 0.4) is 0 Å². The van der Waals surface area contributed by atoms with Crippen LogP contribution in [-0.2, 0) is 6.54 Å². The SMILES string of the molecule is OC(CNCc1cnc2ccsc2c1)C1CCCC1. The minimum Gasteiger partial charge on any atom is -0.392 e. The highest BCUT2D eigenvalue weighted by molar-refractivity contribution is 7.17. The van der Waals surface area contributed by atoms with E-state index >= 15 is 0 Å². The van der Waals surface area contributed by atoms with Gasteiger partial charge in [-0.1, -0.05) is 12.8 Å². The highest BCUT2D eigenvalue weighted by Crippen LogP contribution is 2.27. The van der Waals surface area contributed by atoms with Crippen molar-refractivity contribution in [2.24, 2.45) is 5.92 Å². The first-order valence-electron chi connectivity index (χ1n) is 7.04. The highest BCUT2D eigenvalue weighted by atomic mass is 32.1. The van der Waals surface area contributed by atoms with Crippen molar-refractivity contribution in [3.8, 4) is 0 Å². The first kappa shape index (κ1) is 13.0. The molecule has 1 aliphatic carbocycles. The number of pyridine rings is 1. The summed E-state index contributed by atoms with van der Waals surface area (Å²) in [5.41, 5.74) is 2.26. The van der Waals surface area contributed by atoms with E-state index in [1.807, 2.05) is 12.3 Å². The fourth-order valence-corrected chi connectivity index (χ4v) is 3.66. The number of thiophene rings is 1. The van der Waals surface area contributed by atoms with Gasteiger partial charge in [0.15, 0.2) is 0 Å². The molecule has 2 N–H and O–H groups in total. The number of nitrogens with zero attached hydrogens (tertiary/aromatic N) is 1. The number of hydrogen-bond acceptors (Lipinski definition) is 4. The zero-order valence-corrected chi connectivity index (χ0v) is 11.8. The third kappa shape index (κ3) is 3.14. The molecule has 2 aromatic rings. The molecule has 1 fully saturated rings. The number of aliphatic hydroxyl groups is 1. The van der Waals surface area contributed by atoms with Crippen LogP contribution in [0, 0.1) is 5.92 Å². The van der Waals surface area contributed by atoms with Crippen LogP contribution in [-0.4, -0.2) is 22.7 Å². The first-order chi connectivity index (χ1) is 9.33. The lowest BCUT2D eigenvalue weighted by Crippen LogP contribution is -2.31. The molecule has 1 saturated carbocycles. The Morgan fingerprint density at radius 2 is 2.26 bits per heavy atom. The van der Waals surface area contributed by atoms with Gasteiger partial charge in [-0.2, -0.15) is 0 Å². The Morgan fingerprint density at radius 3 is 3.11 bits per heavy atom. The molecular weight excluding hydrogens is 256 g/mol. The lowest BCUT2D eigenvalue weighted by Gasteiger charge is -2.18. The Bertz CT molecular complexity index is 534. The summed E-state index contributed by atoms with van der Waals surface area (Å²) in [6.45, 7) is 1.47. The van der Waals surface area contributed by atoms with Gasteiger partial charge in [0, 0.05) is 19.3 Å². The van der Waals surface area contributed by atoms with E-state index in [0.29, 0.717) is 12.5 Å². The molecule has 0 bridgehead atoms. The summed E-state index contributed by atoms with van der Waals surface area (Å²) < 4.78 is 1.23. The molecule has 0 aromatic carbocycles. The standard InChI is InChI=1S/C15H20N2OS/c18-14(12-3-1-2-4-12)10-16-8-11-7-15-13(17-9-11)5-6-19-15/h5-7,9,12,14,16,18H,1-4,8,10H2. The van der Waals surface area contributed by atoms with Crippen molar-refractivity contribution in [2.45, 2.75) is 38.3 Å². The van der Waals surface area contributed by atoms with E-state index in [0.717, 1.165) is 12.1 Å². The van der Waals surface area contributed by atoms with Crippen molar-refractivity contribution < 1.29 is 5.11 Å². The molecule has 0 radical (unpaired) electrons. The Hall–Kier alpha value is -0.970. The van der Waals surface area contributed by atoms with Crippen LogP contribution >= 0.6 is 11.3 Å². The van der Waals surface area contributed by atoms with Crippen molar-refractivity contribution in [2.75, 3.05) is 6.54 Å². The minimum absolute atomic E-state index is 0.194. The van der Waals surface area contributed by atoms with Gasteiger partial charge in [-0.15, -0.1) is 11.3 Å². The fourth-order valence-electron chi connectivity index (χ4n) is 2.86. The van der Waals surface area contributed by atoms with Gasteiger partial charge in [-0.25, -0.2) is 0 Å². The summed E-state index contributed by atoms with van der Waals surface area (Å²) in [6.07, 6.45) is 6.66. The molecule has 3 rings (SSSR count). The number of fused-ring (bicyclic) bond motifs is 1. The molecule has 19 heavy (non-hydrogen) atoms. The van der Waals surface area contributed by atoms with E-state index in [-0.39, 0.29) is 6.10 Å². The second-order valence-corrected chi connectivity index (χ2v) is 6.34. The zero-order valence-electron chi connectivity index (χ0n) is 11.0. The number of nitrogens with one attached hydrogen (secondary N) is 1. The van der Waals surface area contributed by atoms with Crippen LogP contribution < -0.4 is 5.32 Å². The van der Waals surface area contributed by atoms with Gasteiger partial charge in [0.1, 0.15) is 0 Å². The molecule has 2 aromatic heterocycles. The highest BCUT2D eigenvalue weighted by Gasteiger charge is 2.22. The summed E-state index contributed by atoms with van der Waals surface area (Å²) in [4.78, 5) is 4.42. The quantitative estimate of drug-likeness (QED) is 0.882. The molecule has 4 heteroatoms. The molecule has 1 aliphatic rings. The van der Waals surface area contributed by atoms with Gasteiger partial charge < -0.3 is 10.4 Å². The normalized spacial score (nSPS) is 18.2. The summed E-state index contributed by atoms with van der Waals surface area (Å²) >= 11 is 1.72. The van der Waals surface area contributed by atoms with E-state index < -0.39 is 0 Å². The Balaban J connectivity index is 1.51. The molecule has 1 unspecified atom stereocenters. The molecule has 0 aliphatic heterocycles. The molecule has 1 atom stereocenters. The van der Waals surface area contributed by atoms with E-state index in [4.69, 9.17) is 0 Å². The van der Waals surface area contributed by atoms with Crippen molar-refractivity contribution in [3.63, 3.8) is 0 Å². The first-order valence-corrected chi connectivity index (χ1v) is 7.92. The second-order valence-electron chi connectivity index (χ2n) is 5.39. The topological polar surface area (TPSA) is 45.1 Å². The van der Waals surface area contributed by atoms with Crippen molar-refractivity contribution in [1.82, 2.24) is 10.3 Å². The average Bonchev–Trinajstić information content (AvgIpc) is 3.09. The monoisotopic (exact) mass is 276 g/mol. The maximum Gasteiger partial charge on any atom is 0.0809 e. The molecule has 0 amide bonds. The summed E-state index contributed by atoms with van der Waals surface area (Å²) in [7, 11) is 0. The van der Waals surface area contributed by atoms with Crippen molar-refractivity contribution >= 4 is 21.6 Å². The molecule has 3 nitrogen and oxygen atoms in total. The maximum absolute atomic E-state index is 10.1. The van der Waals surface area contributed by atoms with Gasteiger partial charge in [0.2, 0.25) is 0 Å². The van der Waals surface area contributed by atoms with Gasteiger partial charge >= 0.3 is 0 Å². The second kappa shape index (κ2) is 5.99. The van der Waals surface area contributed by atoms with Crippen molar-refractivity contribution in [1.29, 1.82) is 0 Å². The van der Waals surface area contributed by atoms with E-state index in [1.54, 1.807) is 11.3 Å². The van der Waals surface area contributed by atoms with Gasteiger partial charge in [-0.05, 0) is 41.8 Å². The smallest absolute Gasteiger partial charge is 0.0809 e. The number of aromatic nitrogens is 1. The minimum atomic E-state index is -0.194. The zero-order chi connectivity index (χ0) is 13.1. The Kier molecular flexibility index (Phi) is 4.11. The predicted octanol–water partition coefficient (Wildman–Crippen LogP) is 2.94. The molecule has 0 spiro atoms. The third-order valence-electron chi connectivity index (χ3n) is 3.99. The van der Waals surface area contributed by atoms with E-state index in [1.165, 1.54) is 35.9 Å². The van der Waals surface area contributed by atoms with Gasteiger partial charge in [0.05, 0.1) is 16.3 Å². The molecule has 0 saturated heterocycles. The van der Waals surface area contributed by atoms with E-state index in [2.05, 4.69) is 21.7 Å². The molecule has 102 valence electrons. The summed E-state index contributed by atoms with van der Waals surface area (Å²) in [5.74, 6) is 0.505. The summed E-state index contributed by atoms with van der Waals surface area (Å²) in [6, 6.07) is 4.23. The predicted molar refractivity (Wildman–Crippen MR) is 79.3 cm³/mol. The average molecular weight is 276 g/mol. The van der Waals surface area contributed by atoms with Gasteiger partial charge in [0.25, 0.3) is 0 Å². The van der Waals surface area contributed by atoms with Gasteiger partial charge in [-0.3, -0.25) is 4.98 Å². The van der Waals surface area contributed by atoms with E-state index in [9.17, 15) is 5.11 Å². The lowest BCUT2D eigenvalue weighted by molar-refractivity contribution is 0.109. The van der Waals surface area contributed by atoms with Crippen LogP contribution in [0.15, 0.2) is 23.7 Å². The van der Waals surface area contributed by atoms with Crippen LogP contribution in [0.25, 0.3) is 10.2 Å². The van der Waals surface area contributed by atoms with Crippen LogP contribution in [0.5, 0.6) is 0 Å².